The first kappa shape index (κ1) is 16.4. The van der Waals surface area contributed by atoms with Crippen LogP contribution in [0, 0.1) is 5.92 Å². The summed E-state index contributed by atoms with van der Waals surface area (Å²) in [5.41, 5.74) is -0.669. The van der Waals surface area contributed by atoms with Crippen LogP contribution in [0.15, 0.2) is 0 Å². The Morgan fingerprint density at radius 2 is 2.21 bits per heavy atom. The van der Waals surface area contributed by atoms with E-state index in [2.05, 4.69) is 12.2 Å². The monoisotopic (exact) mass is 270 g/mol. The van der Waals surface area contributed by atoms with E-state index in [-0.39, 0.29) is 5.91 Å². The molecule has 0 spiro atoms. The van der Waals surface area contributed by atoms with Crippen molar-refractivity contribution in [1.29, 1.82) is 0 Å². The molecule has 0 saturated carbocycles. The number of piperidine rings is 1. The minimum absolute atomic E-state index is 0.143. The molecule has 112 valence electrons. The Labute approximate surface area is 117 Å². The van der Waals surface area contributed by atoms with Crippen LogP contribution in [0.4, 0.5) is 0 Å². The zero-order chi connectivity index (χ0) is 14.3. The van der Waals surface area contributed by atoms with Gasteiger partial charge in [0.25, 0.3) is 5.91 Å². The predicted octanol–water partition coefficient (Wildman–Crippen LogP) is 2.04. The molecule has 0 radical (unpaired) electrons. The minimum atomic E-state index is -0.669. The average molecular weight is 270 g/mol. The van der Waals surface area contributed by atoms with Gasteiger partial charge in [-0.1, -0.05) is 13.8 Å². The van der Waals surface area contributed by atoms with E-state index in [1.54, 1.807) is 7.11 Å². The summed E-state index contributed by atoms with van der Waals surface area (Å²) in [6.45, 7) is 9.86. The van der Waals surface area contributed by atoms with E-state index in [9.17, 15) is 4.79 Å². The van der Waals surface area contributed by atoms with Crippen LogP contribution in [0.5, 0.6) is 0 Å². The highest BCUT2D eigenvalue weighted by Crippen LogP contribution is 2.20. The molecule has 2 atom stereocenters. The van der Waals surface area contributed by atoms with Gasteiger partial charge in [-0.2, -0.15) is 0 Å². The van der Waals surface area contributed by atoms with Crippen LogP contribution in [0.1, 0.15) is 46.5 Å². The van der Waals surface area contributed by atoms with Crippen molar-refractivity contribution in [2.45, 2.75) is 52.1 Å². The van der Waals surface area contributed by atoms with Crippen LogP contribution in [0.2, 0.25) is 0 Å². The molecular formula is C15H30N2O2. The van der Waals surface area contributed by atoms with E-state index in [4.69, 9.17) is 4.74 Å². The van der Waals surface area contributed by atoms with Gasteiger partial charge >= 0.3 is 0 Å². The van der Waals surface area contributed by atoms with Gasteiger partial charge in [-0.25, -0.2) is 0 Å². The molecule has 4 heteroatoms. The second-order valence-electron chi connectivity index (χ2n) is 5.75. The van der Waals surface area contributed by atoms with Gasteiger partial charge in [0.15, 0.2) is 0 Å². The second kappa shape index (κ2) is 7.85. The van der Waals surface area contributed by atoms with Gasteiger partial charge in [0, 0.05) is 20.2 Å². The number of rotatable bonds is 7. The standard InChI is InChI=1S/C15H30N2O2/c1-5-10-17(12-13-8-7-9-16-11-13)14(18)15(3,6-2)19-4/h13,16H,5-12H2,1-4H3. The molecule has 1 heterocycles. The number of ether oxygens (including phenoxy) is 1. The second-order valence-corrected chi connectivity index (χ2v) is 5.75. The fourth-order valence-electron chi connectivity index (χ4n) is 2.65. The summed E-state index contributed by atoms with van der Waals surface area (Å²) < 4.78 is 5.46. The molecule has 0 aliphatic carbocycles. The minimum Gasteiger partial charge on any atom is -0.369 e. The van der Waals surface area contributed by atoms with Gasteiger partial charge in [-0.05, 0) is 51.6 Å². The van der Waals surface area contributed by atoms with E-state index in [1.165, 1.54) is 12.8 Å². The van der Waals surface area contributed by atoms with Crippen molar-refractivity contribution in [3.05, 3.63) is 0 Å². The lowest BCUT2D eigenvalue weighted by atomic mass is 9.96. The van der Waals surface area contributed by atoms with Crippen LogP contribution in [0.25, 0.3) is 0 Å². The average Bonchev–Trinajstić information content (AvgIpc) is 2.46. The summed E-state index contributed by atoms with van der Waals surface area (Å²) in [5.74, 6) is 0.729. The van der Waals surface area contributed by atoms with Crippen LogP contribution >= 0.6 is 0 Å². The predicted molar refractivity (Wildman–Crippen MR) is 78.2 cm³/mol. The summed E-state index contributed by atoms with van der Waals surface area (Å²) in [6.07, 6.45) is 4.14. The first-order valence-electron chi connectivity index (χ1n) is 7.62. The third-order valence-corrected chi connectivity index (χ3v) is 4.24. The number of carbonyl (C=O) groups is 1. The van der Waals surface area contributed by atoms with E-state index < -0.39 is 5.60 Å². The van der Waals surface area contributed by atoms with Crippen LogP contribution < -0.4 is 5.32 Å². The summed E-state index contributed by atoms with van der Waals surface area (Å²) >= 11 is 0. The molecule has 0 aromatic rings. The van der Waals surface area contributed by atoms with Crippen molar-refractivity contribution < 1.29 is 9.53 Å². The van der Waals surface area contributed by atoms with Crippen molar-refractivity contribution in [2.75, 3.05) is 33.3 Å². The molecule has 1 amide bonds. The molecule has 0 aromatic heterocycles. The van der Waals surface area contributed by atoms with Crippen LogP contribution in [0.3, 0.4) is 0 Å². The SMILES string of the molecule is CCCN(CC1CCCNC1)C(=O)C(C)(CC)OC. The maximum absolute atomic E-state index is 12.7. The Hall–Kier alpha value is -0.610. The van der Waals surface area contributed by atoms with Crippen molar-refractivity contribution in [2.24, 2.45) is 5.92 Å². The Morgan fingerprint density at radius 3 is 2.68 bits per heavy atom. The van der Waals surface area contributed by atoms with Crippen LogP contribution in [-0.2, 0) is 9.53 Å². The smallest absolute Gasteiger partial charge is 0.254 e. The number of nitrogens with zero attached hydrogens (tertiary/aromatic N) is 1. The molecule has 1 rings (SSSR count). The lowest BCUT2D eigenvalue weighted by Gasteiger charge is -2.36. The summed E-state index contributed by atoms with van der Waals surface area (Å²) in [5, 5.41) is 3.42. The third-order valence-electron chi connectivity index (χ3n) is 4.24. The van der Waals surface area contributed by atoms with Crippen molar-refractivity contribution >= 4 is 5.91 Å². The Balaban J connectivity index is 2.66. The summed E-state index contributed by atoms with van der Waals surface area (Å²) in [4.78, 5) is 14.7. The van der Waals surface area contributed by atoms with Crippen molar-refractivity contribution in [3.8, 4) is 0 Å². The lowest BCUT2D eigenvalue weighted by molar-refractivity contribution is -0.154. The zero-order valence-electron chi connectivity index (χ0n) is 13.0. The highest BCUT2D eigenvalue weighted by molar-refractivity contribution is 5.84. The molecule has 19 heavy (non-hydrogen) atoms. The van der Waals surface area contributed by atoms with Gasteiger partial charge in [0.1, 0.15) is 5.60 Å². The molecular weight excluding hydrogens is 240 g/mol. The topological polar surface area (TPSA) is 41.6 Å². The van der Waals surface area contributed by atoms with Gasteiger partial charge in [-0.15, -0.1) is 0 Å². The molecule has 4 nitrogen and oxygen atoms in total. The number of amides is 1. The molecule has 1 N–H and O–H groups in total. The van der Waals surface area contributed by atoms with E-state index in [0.717, 1.165) is 32.6 Å². The lowest BCUT2D eigenvalue weighted by Crippen LogP contribution is -2.51. The normalized spacial score (nSPS) is 22.8. The van der Waals surface area contributed by atoms with E-state index in [0.29, 0.717) is 12.3 Å². The fraction of sp³-hybridized carbons (Fsp3) is 0.933. The zero-order valence-corrected chi connectivity index (χ0v) is 13.0. The van der Waals surface area contributed by atoms with E-state index >= 15 is 0 Å². The third kappa shape index (κ3) is 4.46. The van der Waals surface area contributed by atoms with Crippen LogP contribution in [-0.4, -0.2) is 49.7 Å². The Kier molecular flexibility index (Phi) is 6.80. The maximum atomic E-state index is 12.7. The maximum Gasteiger partial charge on any atom is 0.254 e. The molecule has 1 fully saturated rings. The first-order valence-corrected chi connectivity index (χ1v) is 7.62. The Morgan fingerprint density at radius 1 is 1.47 bits per heavy atom. The molecule has 0 aromatic carbocycles. The fourth-order valence-corrected chi connectivity index (χ4v) is 2.65. The number of nitrogens with one attached hydrogen (secondary N) is 1. The number of carbonyl (C=O) groups excluding carboxylic acids is 1. The first-order chi connectivity index (χ1) is 9.07. The van der Waals surface area contributed by atoms with E-state index in [1.807, 2.05) is 18.7 Å². The number of methoxy groups -OCH3 is 1. The number of hydrogen-bond acceptors (Lipinski definition) is 3. The molecule has 1 aliphatic rings. The van der Waals surface area contributed by atoms with Gasteiger partial charge in [0.05, 0.1) is 0 Å². The number of hydrogen-bond donors (Lipinski definition) is 1. The van der Waals surface area contributed by atoms with Crippen molar-refractivity contribution in [1.82, 2.24) is 10.2 Å². The quantitative estimate of drug-likeness (QED) is 0.770. The highest BCUT2D eigenvalue weighted by atomic mass is 16.5. The van der Waals surface area contributed by atoms with Gasteiger partial charge in [-0.3, -0.25) is 4.79 Å². The summed E-state index contributed by atoms with van der Waals surface area (Å²) in [6, 6.07) is 0. The molecule has 1 saturated heterocycles. The molecule has 2 unspecified atom stereocenters. The molecule has 0 bridgehead atoms. The molecule has 1 aliphatic heterocycles. The summed E-state index contributed by atoms with van der Waals surface area (Å²) in [7, 11) is 1.63. The Bertz CT molecular complexity index is 271. The largest absolute Gasteiger partial charge is 0.369 e. The van der Waals surface area contributed by atoms with Gasteiger partial charge < -0.3 is 15.0 Å². The highest BCUT2D eigenvalue weighted by Gasteiger charge is 2.35. The van der Waals surface area contributed by atoms with Gasteiger partial charge in [0.2, 0.25) is 0 Å². The van der Waals surface area contributed by atoms with Crippen molar-refractivity contribution in [3.63, 3.8) is 0 Å².